The molecule has 1 aromatic rings. The Morgan fingerprint density at radius 3 is 2.00 bits per heavy atom. The highest BCUT2D eigenvalue weighted by Crippen LogP contribution is 2.48. The highest BCUT2D eigenvalue weighted by molar-refractivity contribution is 5.86. The smallest absolute Gasteiger partial charge is 0.382 e. The minimum absolute atomic E-state index is 0.282. The van der Waals surface area contributed by atoms with E-state index in [-0.39, 0.29) is 6.07 Å². The van der Waals surface area contributed by atoms with Crippen molar-refractivity contribution >= 4 is 22.7 Å². The number of benzene rings is 1. The minimum Gasteiger partial charge on any atom is -0.382 e. The first-order valence-electron chi connectivity index (χ1n) is 6.84. The average Bonchev–Trinajstić information content (AvgIpc) is 2.49. The highest BCUT2D eigenvalue weighted by Gasteiger charge is 2.42. The fourth-order valence-corrected chi connectivity index (χ4v) is 2.11. The molecule has 0 aromatic heterocycles. The van der Waals surface area contributed by atoms with Gasteiger partial charge in [0.25, 0.3) is 0 Å². The molecule has 2 N–H and O–H groups in total. The molecule has 0 saturated carbocycles. The summed E-state index contributed by atoms with van der Waals surface area (Å²) in [7, 11) is 1.07. The molecule has 0 radical (unpaired) electrons. The summed E-state index contributed by atoms with van der Waals surface area (Å²) in [6, 6.07) is 0.282. The average molecular weight is 351 g/mol. The van der Waals surface area contributed by atoms with Gasteiger partial charge in [-0.25, -0.2) is 5.01 Å². The fraction of sp³-hybridized carbons (Fsp3) is 0.500. The molecule has 0 aliphatic heterocycles. The van der Waals surface area contributed by atoms with Crippen molar-refractivity contribution in [2.24, 2.45) is 0 Å². The maximum Gasteiger partial charge on any atom is 0.418 e. The number of hydrogen-bond acceptors (Lipinski definition) is 7. The zero-order valence-corrected chi connectivity index (χ0v) is 13.1. The van der Waals surface area contributed by atoms with E-state index in [1.54, 1.807) is 13.8 Å². The number of alkyl halides is 3. The topological polar surface area (TPSA) is 114 Å². The van der Waals surface area contributed by atoms with Crippen molar-refractivity contribution in [3.8, 4) is 0 Å². The summed E-state index contributed by atoms with van der Waals surface area (Å²) in [5.41, 5.74) is -2.51. The molecular formula is C12H16F3N5O4. The van der Waals surface area contributed by atoms with Gasteiger partial charge in [-0.3, -0.25) is 20.2 Å². The minimum atomic E-state index is -5.00. The van der Waals surface area contributed by atoms with Crippen molar-refractivity contribution in [1.29, 1.82) is 0 Å². The zero-order chi connectivity index (χ0) is 18.7. The Bertz CT molecular complexity index is 647. The molecule has 0 fully saturated rings. The number of nitrogens with one attached hydrogen (secondary N) is 2. The summed E-state index contributed by atoms with van der Waals surface area (Å²) in [5, 5.41) is 26.0. The van der Waals surface area contributed by atoms with E-state index in [0.717, 1.165) is 7.05 Å². The van der Waals surface area contributed by atoms with E-state index < -0.39 is 44.3 Å². The van der Waals surface area contributed by atoms with Crippen LogP contribution in [0, 0.1) is 20.2 Å². The van der Waals surface area contributed by atoms with Crippen LogP contribution in [0.3, 0.4) is 0 Å². The first-order valence-corrected chi connectivity index (χ1v) is 6.84. The summed E-state index contributed by atoms with van der Waals surface area (Å²) >= 11 is 0. The second-order valence-electron chi connectivity index (χ2n) is 4.59. The molecule has 1 aromatic carbocycles. The quantitative estimate of drug-likeness (QED) is 0.572. The maximum atomic E-state index is 13.1. The van der Waals surface area contributed by atoms with Crippen LogP contribution in [0.4, 0.5) is 35.9 Å². The largest absolute Gasteiger partial charge is 0.418 e. The molecule has 134 valence electrons. The van der Waals surface area contributed by atoms with Gasteiger partial charge in [-0.1, -0.05) is 13.8 Å². The van der Waals surface area contributed by atoms with Crippen LogP contribution in [0.2, 0.25) is 0 Å². The lowest BCUT2D eigenvalue weighted by Crippen LogP contribution is -2.30. The Balaban J connectivity index is 3.84. The normalized spacial score (nSPS) is 11.5. The van der Waals surface area contributed by atoms with Crippen LogP contribution >= 0.6 is 0 Å². The number of nitro benzene ring substituents is 2. The Hall–Kier alpha value is -2.63. The molecule has 0 heterocycles. The summed E-state index contributed by atoms with van der Waals surface area (Å²) in [6.45, 7) is 4.00. The molecule has 0 aliphatic rings. The van der Waals surface area contributed by atoms with Gasteiger partial charge in [0.1, 0.15) is 5.69 Å². The van der Waals surface area contributed by atoms with Gasteiger partial charge in [0, 0.05) is 26.2 Å². The fourth-order valence-electron chi connectivity index (χ4n) is 2.11. The van der Waals surface area contributed by atoms with E-state index in [4.69, 9.17) is 0 Å². The molecule has 0 unspecified atom stereocenters. The molecule has 0 saturated heterocycles. The summed E-state index contributed by atoms with van der Waals surface area (Å²) in [6.07, 6.45) is -5.00. The van der Waals surface area contributed by atoms with Crippen molar-refractivity contribution in [3.05, 3.63) is 31.9 Å². The van der Waals surface area contributed by atoms with E-state index >= 15 is 0 Å². The number of halogens is 3. The molecule has 0 spiro atoms. The molecule has 0 bridgehead atoms. The lowest BCUT2D eigenvalue weighted by molar-refractivity contribution is -0.392. The van der Waals surface area contributed by atoms with Crippen molar-refractivity contribution in [3.63, 3.8) is 0 Å². The Morgan fingerprint density at radius 1 is 1.12 bits per heavy atom. The van der Waals surface area contributed by atoms with E-state index in [9.17, 15) is 33.4 Å². The van der Waals surface area contributed by atoms with E-state index in [1.165, 1.54) is 5.01 Å². The molecule has 0 atom stereocenters. The van der Waals surface area contributed by atoms with Gasteiger partial charge in [-0.15, -0.1) is 0 Å². The second kappa shape index (κ2) is 7.29. The SMILES string of the molecule is CCN(CC)Nc1c([N+](=O)[O-])cc(C(F)(F)F)c(NC)c1[N+](=O)[O-]. The van der Waals surface area contributed by atoms with Crippen LogP contribution in [0.25, 0.3) is 0 Å². The summed E-state index contributed by atoms with van der Waals surface area (Å²) in [4.78, 5) is 20.3. The van der Waals surface area contributed by atoms with E-state index in [1.807, 2.05) is 0 Å². The van der Waals surface area contributed by atoms with Gasteiger partial charge in [-0.05, 0) is 0 Å². The van der Waals surface area contributed by atoms with Crippen LogP contribution in [0.5, 0.6) is 0 Å². The molecule has 1 rings (SSSR count). The lowest BCUT2D eigenvalue weighted by atomic mass is 10.1. The van der Waals surface area contributed by atoms with Gasteiger partial charge < -0.3 is 10.7 Å². The standard InChI is InChI=1S/C12H16F3N5O4/c1-4-18(5-2)17-10-8(19(21)22)6-7(12(13,14)15)9(16-3)11(10)20(23)24/h6,16-17H,4-5H2,1-3H3. The van der Waals surface area contributed by atoms with Gasteiger partial charge in [0.2, 0.25) is 5.69 Å². The first kappa shape index (κ1) is 19.4. The number of hydrazine groups is 1. The number of hydrogen-bond donors (Lipinski definition) is 2. The molecular weight excluding hydrogens is 335 g/mol. The Labute approximate surface area is 134 Å². The highest BCUT2D eigenvalue weighted by atomic mass is 19.4. The van der Waals surface area contributed by atoms with Gasteiger partial charge in [0.05, 0.1) is 15.4 Å². The zero-order valence-electron chi connectivity index (χ0n) is 13.1. The van der Waals surface area contributed by atoms with Gasteiger partial charge in [-0.2, -0.15) is 13.2 Å². The van der Waals surface area contributed by atoms with Crippen molar-refractivity contribution < 1.29 is 23.0 Å². The number of rotatable bonds is 7. The van der Waals surface area contributed by atoms with Crippen molar-refractivity contribution in [1.82, 2.24) is 5.01 Å². The third-order valence-corrected chi connectivity index (χ3v) is 3.25. The first-order chi connectivity index (χ1) is 11.1. The number of nitro groups is 2. The maximum absolute atomic E-state index is 13.1. The monoisotopic (exact) mass is 351 g/mol. The van der Waals surface area contributed by atoms with Crippen LogP contribution in [0.15, 0.2) is 6.07 Å². The predicted octanol–water partition coefficient (Wildman–Crippen LogP) is 3.23. The molecule has 24 heavy (non-hydrogen) atoms. The van der Waals surface area contributed by atoms with Crippen LogP contribution in [0.1, 0.15) is 19.4 Å². The van der Waals surface area contributed by atoms with Crippen LogP contribution in [-0.2, 0) is 6.18 Å². The third-order valence-electron chi connectivity index (χ3n) is 3.25. The van der Waals surface area contributed by atoms with E-state index in [2.05, 4.69) is 10.7 Å². The van der Waals surface area contributed by atoms with Gasteiger partial charge in [0.15, 0.2) is 0 Å². The number of anilines is 2. The second-order valence-corrected chi connectivity index (χ2v) is 4.59. The molecule has 0 aliphatic carbocycles. The predicted molar refractivity (Wildman–Crippen MR) is 80.8 cm³/mol. The summed E-state index contributed by atoms with van der Waals surface area (Å²) in [5.74, 6) is 0. The number of nitrogens with zero attached hydrogens (tertiary/aromatic N) is 3. The Kier molecular flexibility index (Phi) is 5.90. The molecule has 12 heteroatoms. The Morgan fingerprint density at radius 2 is 1.67 bits per heavy atom. The van der Waals surface area contributed by atoms with E-state index in [0.29, 0.717) is 13.1 Å². The van der Waals surface area contributed by atoms with Crippen molar-refractivity contribution in [2.45, 2.75) is 20.0 Å². The lowest BCUT2D eigenvalue weighted by Gasteiger charge is -2.22. The van der Waals surface area contributed by atoms with Crippen LogP contribution in [-0.4, -0.2) is 35.0 Å². The molecule has 9 nitrogen and oxygen atoms in total. The van der Waals surface area contributed by atoms with Crippen molar-refractivity contribution in [2.75, 3.05) is 30.9 Å². The molecule has 0 amide bonds. The summed E-state index contributed by atoms with van der Waals surface area (Å²) < 4.78 is 39.4. The third kappa shape index (κ3) is 3.82. The van der Waals surface area contributed by atoms with Gasteiger partial charge >= 0.3 is 17.6 Å². The van der Waals surface area contributed by atoms with Crippen LogP contribution < -0.4 is 10.7 Å².